The van der Waals surface area contributed by atoms with Gasteiger partial charge in [-0.25, -0.2) is 0 Å². The van der Waals surface area contributed by atoms with Crippen molar-refractivity contribution in [1.82, 2.24) is 0 Å². The van der Waals surface area contributed by atoms with Gasteiger partial charge in [-0.3, -0.25) is 14.4 Å². The molecule has 0 aliphatic carbocycles. The van der Waals surface area contributed by atoms with E-state index >= 15 is 0 Å². The molecule has 0 saturated carbocycles. The SMILES string of the molecule is CCCCCCCCCCCCCCCCCCCC[P+](CCC(=O)OCC)(CCC(=O)OCC)CCC(=O)OCC. The van der Waals surface area contributed by atoms with Crippen molar-refractivity contribution in [3.63, 3.8) is 0 Å². The summed E-state index contributed by atoms with van der Waals surface area (Å²) in [5, 5.41) is 0. The van der Waals surface area contributed by atoms with Gasteiger partial charge in [0.1, 0.15) is 0 Å². The maximum Gasteiger partial charge on any atom is 0.309 e. The lowest BCUT2D eigenvalue weighted by Gasteiger charge is -2.27. The number of carbonyl (C=O) groups is 3. The Labute approximate surface area is 260 Å². The van der Waals surface area contributed by atoms with E-state index in [1.165, 1.54) is 109 Å². The Bertz CT molecular complexity index is 598. The fraction of sp³-hybridized carbons (Fsp3) is 0.914. The van der Waals surface area contributed by atoms with Gasteiger partial charge in [0.25, 0.3) is 0 Å². The third-order valence-electron chi connectivity index (χ3n) is 8.27. The zero-order valence-corrected chi connectivity index (χ0v) is 29.1. The normalized spacial score (nSPS) is 11.4. The van der Waals surface area contributed by atoms with E-state index in [9.17, 15) is 14.4 Å². The minimum Gasteiger partial charge on any atom is -0.466 e. The summed E-state index contributed by atoms with van der Waals surface area (Å²) in [7, 11) is -1.72. The molecule has 0 aromatic heterocycles. The van der Waals surface area contributed by atoms with Crippen molar-refractivity contribution < 1.29 is 28.6 Å². The highest BCUT2D eigenvalue weighted by Crippen LogP contribution is 2.61. The topological polar surface area (TPSA) is 78.9 Å². The molecule has 0 aromatic carbocycles. The Hall–Kier alpha value is -1.16. The monoisotopic (exact) mass is 615 g/mol. The van der Waals surface area contributed by atoms with Gasteiger partial charge in [-0.1, -0.05) is 110 Å². The standard InChI is InChI=1S/C35H68O6P/c1-5-9-10-11-12-13-14-15-16-17-18-19-20-21-22-23-24-25-29-42(30-26-33(36)39-6-2,31-27-34(37)40-7-3)32-28-35(38)41-8-4/h5-32H2,1-4H3/q+1. The second-order valence-electron chi connectivity index (χ2n) is 11.9. The Morgan fingerprint density at radius 1 is 0.381 bits per heavy atom. The summed E-state index contributed by atoms with van der Waals surface area (Å²) in [4.78, 5) is 36.7. The number of ether oxygens (including phenoxy) is 3. The van der Waals surface area contributed by atoms with Crippen LogP contribution in [0.15, 0.2) is 0 Å². The van der Waals surface area contributed by atoms with E-state index in [1.54, 1.807) is 0 Å². The van der Waals surface area contributed by atoms with Gasteiger partial charge >= 0.3 is 17.9 Å². The molecular weight excluding hydrogens is 547 g/mol. The summed E-state index contributed by atoms with van der Waals surface area (Å²) < 4.78 is 15.6. The molecule has 0 N–H and O–H groups in total. The van der Waals surface area contributed by atoms with E-state index < -0.39 is 7.26 Å². The van der Waals surface area contributed by atoms with Crippen LogP contribution in [-0.4, -0.2) is 62.4 Å². The van der Waals surface area contributed by atoms with Crippen molar-refractivity contribution in [3.8, 4) is 0 Å². The Morgan fingerprint density at radius 3 is 0.905 bits per heavy atom. The zero-order chi connectivity index (χ0) is 31.2. The maximum absolute atomic E-state index is 12.2. The highest BCUT2D eigenvalue weighted by atomic mass is 31.2. The van der Waals surface area contributed by atoms with Crippen LogP contribution >= 0.6 is 7.26 Å². The van der Waals surface area contributed by atoms with Crippen LogP contribution in [0.1, 0.15) is 163 Å². The van der Waals surface area contributed by atoms with Crippen LogP contribution in [0, 0.1) is 0 Å². The molecule has 0 fully saturated rings. The third-order valence-corrected chi connectivity index (χ3v) is 13.1. The van der Waals surface area contributed by atoms with Crippen LogP contribution in [0.25, 0.3) is 0 Å². The van der Waals surface area contributed by atoms with Gasteiger partial charge in [0, 0.05) is 7.26 Å². The molecule has 42 heavy (non-hydrogen) atoms. The number of esters is 3. The molecule has 7 heteroatoms. The lowest BCUT2D eigenvalue weighted by molar-refractivity contribution is -0.143. The van der Waals surface area contributed by atoms with Gasteiger partial charge in [-0.05, 0) is 33.6 Å². The van der Waals surface area contributed by atoms with Gasteiger partial charge < -0.3 is 14.2 Å². The summed E-state index contributed by atoms with van der Waals surface area (Å²) in [6.07, 6.45) is 28.5. The average molecular weight is 616 g/mol. The summed E-state index contributed by atoms with van der Waals surface area (Å²) >= 11 is 0. The summed E-state index contributed by atoms with van der Waals surface area (Å²) in [5.74, 6) is -0.564. The third kappa shape index (κ3) is 25.3. The fourth-order valence-corrected chi connectivity index (χ4v) is 9.91. The van der Waals surface area contributed by atoms with Gasteiger partial charge in [-0.15, -0.1) is 0 Å². The number of rotatable bonds is 31. The molecule has 0 aliphatic heterocycles. The van der Waals surface area contributed by atoms with E-state index in [0.29, 0.717) is 39.1 Å². The minimum absolute atomic E-state index is 0.188. The summed E-state index contributed by atoms with van der Waals surface area (Å²) in [6.45, 7) is 8.85. The van der Waals surface area contributed by atoms with Crippen LogP contribution in [0.5, 0.6) is 0 Å². The first-order valence-corrected chi connectivity index (χ1v) is 20.3. The van der Waals surface area contributed by atoms with E-state index in [2.05, 4.69) is 6.92 Å². The number of carbonyl (C=O) groups excluding carboxylic acids is 3. The van der Waals surface area contributed by atoms with E-state index in [0.717, 1.165) is 31.1 Å². The van der Waals surface area contributed by atoms with Gasteiger partial charge in [0.15, 0.2) is 0 Å². The molecule has 0 rings (SSSR count). The average Bonchev–Trinajstić information content (AvgIpc) is 2.97. The van der Waals surface area contributed by atoms with E-state index in [4.69, 9.17) is 14.2 Å². The van der Waals surface area contributed by atoms with Crippen molar-refractivity contribution in [2.75, 3.05) is 44.5 Å². The minimum atomic E-state index is -1.72. The molecule has 0 heterocycles. The Kier molecular flexibility index (Phi) is 29.1. The predicted molar refractivity (Wildman–Crippen MR) is 179 cm³/mol. The molecule has 0 bridgehead atoms. The van der Waals surface area contributed by atoms with Gasteiger partial charge in [-0.2, -0.15) is 0 Å². The molecule has 0 aliphatic rings. The van der Waals surface area contributed by atoms with Gasteiger partial charge in [0.2, 0.25) is 0 Å². The maximum atomic E-state index is 12.2. The lowest BCUT2D eigenvalue weighted by atomic mass is 10.0. The Morgan fingerprint density at radius 2 is 0.643 bits per heavy atom. The first-order valence-electron chi connectivity index (χ1n) is 17.7. The molecule has 0 saturated heterocycles. The quantitative estimate of drug-likeness (QED) is 0.0334. The fourth-order valence-electron chi connectivity index (χ4n) is 5.70. The zero-order valence-electron chi connectivity index (χ0n) is 28.2. The van der Waals surface area contributed by atoms with Crippen LogP contribution < -0.4 is 0 Å². The highest BCUT2D eigenvalue weighted by Gasteiger charge is 2.38. The van der Waals surface area contributed by atoms with Crippen molar-refractivity contribution >= 4 is 25.2 Å². The Balaban J connectivity index is 4.40. The highest BCUT2D eigenvalue weighted by molar-refractivity contribution is 7.76. The number of hydrogen-bond acceptors (Lipinski definition) is 6. The molecule has 0 aromatic rings. The van der Waals surface area contributed by atoms with Crippen molar-refractivity contribution in [2.24, 2.45) is 0 Å². The molecule has 248 valence electrons. The number of unbranched alkanes of at least 4 members (excludes halogenated alkanes) is 17. The van der Waals surface area contributed by atoms with Crippen molar-refractivity contribution in [2.45, 2.75) is 163 Å². The van der Waals surface area contributed by atoms with Crippen LogP contribution in [0.3, 0.4) is 0 Å². The lowest BCUT2D eigenvalue weighted by Crippen LogP contribution is -2.20. The van der Waals surface area contributed by atoms with Crippen LogP contribution in [0.2, 0.25) is 0 Å². The van der Waals surface area contributed by atoms with Gasteiger partial charge in [0.05, 0.1) is 63.7 Å². The second kappa shape index (κ2) is 29.9. The van der Waals surface area contributed by atoms with Crippen LogP contribution in [-0.2, 0) is 28.6 Å². The molecule has 0 unspecified atom stereocenters. The van der Waals surface area contributed by atoms with E-state index in [1.807, 2.05) is 20.8 Å². The predicted octanol–water partition coefficient (Wildman–Crippen LogP) is 9.91. The summed E-state index contributed by atoms with van der Waals surface area (Å²) in [5.41, 5.74) is 0. The largest absolute Gasteiger partial charge is 0.466 e. The van der Waals surface area contributed by atoms with Crippen molar-refractivity contribution in [3.05, 3.63) is 0 Å². The first-order chi connectivity index (χ1) is 20.4. The molecule has 0 amide bonds. The smallest absolute Gasteiger partial charge is 0.309 e. The van der Waals surface area contributed by atoms with E-state index in [-0.39, 0.29) is 17.9 Å². The number of hydrogen-bond donors (Lipinski definition) is 0. The molecule has 0 atom stereocenters. The molecule has 0 spiro atoms. The molecule has 0 radical (unpaired) electrons. The molecule has 6 nitrogen and oxygen atoms in total. The van der Waals surface area contributed by atoms with Crippen molar-refractivity contribution in [1.29, 1.82) is 0 Å². The first kappa shape index (κ1) is 40.8. The summed E-state index contributed by atoms with van der Waals surface area (Å²) in [6, 6.07) is 0. The molecular formula is C35H68O6P+. The van der Waals surface area contributed by atoms with Crippen LogP contribution in [0.4, 0.5) is 0 Å². The second-order valence-corrected chi connectivity index (χ2v) is 16.4.